The highest BCUT2D eigenvalue weighted by atomic mass is 16.6. The largest absolute Gasteiger partial charge is 0.486 e. The molecule has 1 aromatic rings. The van der Waals surface area contributed by atoms with Crippen molar-refractivity contribution >= 4 is 0 Å². The number of benzene rings is 1. The van der Waals surface area contributed by atoms with E-state index in [-0.39, 0.29) is 0 Å². The first kappa shape index (κ1) is 13.7. The van der Waals surface area contributed by atoms with E-state index in [4.69, 9.17) is 9.47 Å². The third kappa shape index (κ3) is 2.91. The van der Waals surface area contributed by atoms with Crippen LogP contribution in [0.1, 0.15) is 25.8 Å². The predicted octanol–water partition coefficient (Wildman–Crippen LogP) is 2.03. The van der Waals surface area contributed by atoms with Crippen molar-refractivity contribution in [2.75, 3.05) is 26.3 Å². The van der Waals surface area contributed by atoms with Crippen LogP contribution < -0.4 is 14.8 Å². The van der Waals surface area contributed by atoms with Crippen molar-refractivity contribution in [3.8, 4) is 11.5 Å². The Bertz CT molecular complexity index is 462. The van der Waals surface area contributed by atoms with Crippen molar-refractivity contribution in [3.05, 3.63) is 23.8 Å². The Morgan fingerprint density at radius 1 is 1.30 bits per heavy atom. The molecule has 0 aliphatic carbocycles. The van der Waals surface area contributed by atoms with E-state index in [2.05, 4.69) is 30.1 Å². The SMILES string of the molecule is CC(C)N1CC[C@H](NCc2cccc3c2OCCO3)C1. The molecule has 0 amide bonds. The van der Waals surface area contributed by atoms with Crippen LogP contribution in [0.4, 0.5) is 0 Å². The maximum Gasteiger partial charge on any atom is 0.165 e. The summed E-state index contributed by atoms with van der Waals surface area (Å²) in [5.41, 5.74) is 1.20. The van der Waals surface area contributed by atoms with Gasteiger partial charge in [-0.25, -0.2) is 0 Å². The molecule has 0 saturated carbocycles. The molecule has 2 aliphatic rings. The lowest BCUT2D eigenvalue weighted by Gasteiger charge is -2.23. The van der Waals surface area contributed by atoms with E-state index < -0.39 is 0 Å². The lowest BCUT2D eigenvalue weighted by molar-refractivity contribution is 0.169. The molecule has 1 fully saturated rings. The summed E-state index contributed by atoms with van der Waals surface area (Å²) in [4.78, 5) is 2.53. The van der Waals surface area contributed by atoms with Crippen LogP contribution in [0.5, 0.6) is 11.5 Å². The second-order valence-corrected chi connectivity index (χ2v) is 5.90. The molecule has 0 bridgehead atoms. The van der Waals surface area contributed by atoms with Gasteiger partial charge in [0, 0.05) is 30.7 Å². The molecular weight excluding hydrogens is 252 g/mol. The van der Waals surface area contributed by atoms with Gasteiger partial charge in [0.2, 0.25) is 0 Å². The first-order valence-electron chi connectivity index (χ1n) is 7.59. The second kappa shape index (κ2) is 6.02. The molecule has 1 aromatic carbocycles. The van der Waals surface area contributed by atoms with Gasteiger partial charge in [0.15, 0.2) is 11.5 Å². The summed E-state index contributed by atoms with van der Waals surface area (Å²) < 4.78 is 11.4. The standard InChI is InChI=1S/C16H24N2O2/c1-12(2)18-7-6-14(11-18)17-10-13-4-3-5-15-16(13)20-9-8-19-15/h3-5,12,14,17H,6-11H2,1-2H3/t14-/m0/s1. The molecule has 0 aromatic heterocycles. The maximum absolute atomic E-state index is 5.75. The van der Waals surface area contributed by atoms with E-state index in [1.807, 2.05) is 12.1 Å². The molecule has 4 heteroatoms. The number of fused-ring (bicyclic) bond motifs is 1. The number of rotatable bonds is 4. The Kier molecular flexibility index (Phi) is 4.13. The zero-order valence-electron chi connectivity index (χ0n) is 12.4. The Morgan fingerprint density at radius 3 is 2.95 bits per heavy atom. The van der Waals surface area contributed by atoms with Crippen LogP contribution in [-0.2, 0) is 6.54 Å². The minimum Gasteiger partial charge on any atom is -0.486 e. The monoisotopic (exact) mass is 276 g/mol. The predicted molar refractivity (Wildman–Crippen MR) is 79.4 cm³/mol. The van der Waals surface area contributed by atoms with Gasteiger partial charge in [0.25, 0.3) is 0 Å². The highest BCUT2D eigenvalue weighted by Gasteiger charge is 2.24. The number of hydrogen-bond acceptors (Lipinski definition) is 4. The first-order valence-corrected chi connectivity index (χ1v) is 7.59. The van der Waals surface area contributed by atoms with E-state index >= 15 is 0 Å². The molecular formula is C16H24N2O2. The first-order chi connectivity index (χ1) is 9.74. The summed E-state index contributed by atoms with van der Waals surface area (Å²) in [6, 6.07) is 7.37. The molecule has 110 valence electrons. The summed E-state index contributed by atoms with van der Waals surface area (Å²) >= 11 is 0. The number of hydrogen-bond donors (Lipinski definition) is 1. The molecule has 4 nitrogen and oxygen atoms in total. The van der Waals surface area contributed by atoms with Crippen molar-refractivity contribution in [2.45, 2.75) is 38.9 Å². The fourth-order valence-electron chi connectivity index (χ4n) is 2.95. The zero-order chi connectivity index (χ0) is 13.9. The van der Waals surface area contributed by atoms with Gasteiger partial charge in [0.05, 0.1) is 0 Å². The van der Waals surface area contributed by atoms with Gasteiger partial charge in [-0.1, -0.05) is 12.1 Å². The molecule has 0 spiro atoms. The molecule has 1 saturated heterocycles. The third-order valence-electron chi connectivity index (χ3n) is 4.18. The third-order valence-corrected chi connectivity index (χ3v) is 4.18. The number of ether oxygens (including phenoxy) is 2. The van der Waals surface area contributed by atoms with E-state index in [9.17, 15) is 0 Å². The van der Waals surface area contributed by atoms with Gasteiger partial charge < -0.3 is 14.8 Å². The summed E-state index contributed by atoms with van der Waals surface area (Å²) in [5.74, 6) is 1.80. The molecule has 0 radical (unpaired) electrons. The molecule has 20 heavy (non-hydrogen) atoms. The Morgan fingerprint density at radius 2 is 2.15 bits per heavy atom. The minimum atomic E-state index is 0.581. The van der Waals surface area contributed by atoms with Gasteiger partial charge in [-0.2, -0.15) is 0 Å². The van der Waals surface area contributed by atoms with Crippen molar-refractivity contribution in [2.24, 2.45) is 0 Å². The van der Waals surface area contributed by atoms with E-state index in [0.717, 1.165) is 24.6 Å². The van der Waals surface area contributed by atoms with Crippen molar-refractivity contribution < 1.29 is 9.47 Å². The molecule has 0 unspecified atom stereocenters. The quantitative estimate of drug-likeness (QED) is 0.912. The van der Waals surface area contributed by atoms with E-state index in [0.29, 0.717) is 25.3 Å². The number of likely N-dealkylation sites (tertiary alicyclic amines) is 1. The van der Waals surface area contributed by atoms with Crippen molar-refractivity contribution in [1.82, 2.24) is 10.2 Å². The normalized spacial score (nSPS) is 22.4. The fraction of sp³-hybridized carbons (Fsp3) is 0.625. The molecule has 1 N–H and O–H groups in total. The van der Waals surface area contributed by atoms with Crippen LogP contribution in [-0.4, -0.2) is 43.3 Å². The minimum absolute atomic E-state index is 0.581. The van der Waals surface area contributed by atoms with E-state index in [1.54, 1.807) is 0 Å². The highest BCUT2D eigenvalue weighted by molar-refractivity contribution is 5.47. The highest BCUT2D eigenvalue weighted by Crippen LogP contribution is 2.33. The van der Waals surface area contributed by atoms with Gasteiger partial charge in [-0.3, -0.25) is 4.90 Å². The summed E-state index contributed by atoms with van der Waals surface area (Å²) in [6.07, 6.45) is 1.23. The smallest absolute Gasteiger partial charge is 0.165 e. The van der Waals surface area contributed by atoms with Gasteiger partial charge in [0.1, 0.15) is 13.2 Å². The molecule has 1 atom stereocenters. The van der Waals surface area contributed by atoms with Gasteiger partial charge in [-0.05, 0) is 32.9 Å². The average Bonchev–Trinajstić information content (AvgIpc) is 2.94. The molecule has 2 heterocycles. The van der Waals surface area contributed by atoms with Crippen LogP contribution in [0.2, 0.25) is 0 Å². The number of nitrogens with one attached hydrogen (secondary N) is 1. The van der Waals surface area contributed by atoms with Crippen LogP contribution in [0.15, 0.2) is 18.2 Å². The average molecular weight is 276 g/mol. The van der Waals surface area contributed by atoms with Crippen LogP contribution >= 0.6 is 0 Å². The topological polar surface area (TPSA) is 33.7 Å². The maximum atomic E-state index is 5.75. The van der Waals surface area contributed by atoms with E-state index in [1.165, 1.54) is 18.5 Å². The Labute approximate surface area is 121 Å². The number of nitrogens with zero attached hydrogens (tertiary/aromatic N) is 1. The summed E-state index contributed by atoms with van der Waals surface area (Å²) in [5, 5.41) is 3.66. The summed E-state index contributed by atoms with van der Waals surface area (Å²) in [6.45, 7) is 9.02. The van der Waals surface area contributed by atoms with Crippen molar-refractivity contribution in [3.63, 3.8) is 0 Å². The lowest BCUT2D eigenvalue weighted by Crippen LogP contribution is -2.35. The molecule has 2 aliphatic heterocycles. The van der Waals surface area contributed by atoms with Gasteiger partial charge in [-0.15, -0.1) is 0 Å². The Balaban J connectivity index is 1.59. The summed E-state index contributed by atoms with van der Waals surface area (Å²) in [7, 11) is 0. The molecule has 3 rings (SSSR count). The Hall–Kier alpha value is -1.26. The zero-order valence-corrected chi connectivity index (χ0v) is 12.4. The number of para-hydroxylation sites is 1. The van der Waals surface area contributed by atoms with Crippen LogP contribution in [0.25, 0.3) is 0 Å². The van der Waals surface area contributed by atoms with Crippen LogP contribution in [0.3, 0.4) is 0 Å². The van der Waals surface area contributed by atoms with Crippen molar-refractivity contribution in [1.29, 1.82) is 0 Å². The van der Waals surface area contributed by atoms with Gasteiger partial charge >= 0.3 is 0 Å². The lowest BCUT2D eigenvalue weighted by atomic mass is 10.1. The second-order valence-electron chi connectivity index (χ2n) is 5.90. The van der Waals surface area contributed by atoms with Crippen LogP contribution in [0, 0.1) is 0 Å². The fourth-order valence-corrected chi connectivity index (χ4v) is 2.95.